The Bertz CT molecular complexity index is 5060. The third kappa shape index (κ3) is 45.5. The van der Waals surface area contributed by atoms with E-state index in [4.69, 9.17) is 38.6 Å². The van der Waals surface area contributed by atoms with E-state index in [-0.39, 0.29) is 127 Å². The van der Waals surface area contributed by atoms with Crippen LogP contribution in [0, 0.1) is 5.92 Å². The molecule has 2 heterocycles. The van der Waals surface area contributed by atoms with Crippen molar-refractivity contribution in [1.82, 2.24) is 89.3 Å². The minimum absolute atomic E-state index is 0.0252. The van der Waals surface area contributed by atoms with Gasteiger partial charge < -0.3 is 159 Å². The number of phenols is 1. The molecule has 16 amide bonds. The number of aliphatic carboxylic acids is 5. The number of hydrogen-bond donors (Lipinski definition) is 29. The number of imidazole rings is 1. The SMILES string of the molecule is CC(C)C[C@H](NC(=O)[C@H](CCC(=O)O)NC(=O)[C@H](CCC(=O)O)NC(=O)[C@H](CCCCN)NC(=O)[C@H](Cc1ccccc1)NC(=O)[C@@H](N)CO)C(=O)N[C@@H](CC(=O)O)C(=O)N[C@@H](CCCCN)C(=O)N[C@@H](Cc1ccc(O)cc1)C(=O)N[C@@H](Cc1ccccc1)C(=O)N[C@@H](CCCCN)C(=O)N[C@@H](CC(N)=O)C(=O)N[C@@H](Cc1cnc[nH]1)C(=O)N[C@H](C(=O)N[C@@H](CO)C(=O)N1CCC[C@H]1C(=O)O)[C@@H](C)O.O=C(O)C(F)(F)F. The monoisotopic (exact) mass is 2080 g/mol. The third-order valence-corrected chi connectivity index (χ3v) is 22.6. The van der Waals surface area contributed by atoms with Gasteiger partial charge in [0, 0.05) is 57.0 Å². The molecule has 55 heteroatoms. The lowest BCUT2D eigenvalue weighted by Crippen LogP contribution is -2.62. The summed E-state index contributed by atoms with van der Waals surface area (Å²) in [5.74, 6) is -28.0. The summed E-state index contributed by atoms with van der Waals surface area (Å²) in [5.41, 5.74) is 30.3. The number of benzene rings is 3. The van der Waals surface area contributed by atoms with Crippen molar-refractivity contribution in [3.05, 3.63) is 120 Å². The summed E-state index contributed by atoms with van der Waals surface area (Å²) >= 11 is 0. The second kappa shape index (κ2) is 64.0. The molecule has 1 aromatic heterocycles. The van der Waals surface area contributed by atoms with Crippen molar-refractivity contribution in [2.75, 3.05) is 39.4 Å². The van der Waals surface area contributed by atoms with Gasteiger partial charge in [0.2, 0.25) is 94.5 Å². The highest BCUT2D eigenvalue weighted by Gasteiger charge is 2.44. The molecule has 0 bridgehead atoms. The Hall–Kier alpha value is -14.9. The number of nitrogens with one attached hydrogen (secondary N) is 15. The van der Waals surface area contributed by atoms with E-state index < -0.39 is 304 Å². The normalized spacial score (nSPS) is 15.5. The zero-order chi connectivity index (χ0) is 110. The summed E-state index contributed by atoms with van der Waals surface area (Å²) in [4.78, 5) is 295. The largest absolute Gasteiger partial charge is 0.508 e. The van der Waals surface area contributed by atoms with Crippen molar-refractivity contribution in [1.29, 1.82) is 0 Å². The van der Waals surface area contributed by atoms with Gasteiger partial charge in [-0.25, -0.2) is 14.6 Å². The second-order valence-corrected chi connectivity index (χ2v) is 35.0. The highest BCUT2D eigenvalue weighted by molar-refractivity contribution is 6.02. The van der Waals surface area contributed by atoms with Crippen LogP contribution in [0.15, 0.2) is 97.5 Å². The lowest BCUT2D eigenvalue weighted by atomic mass is 10.00. The van der Waals surface area contributed by atoms with Crippen molar-refractivity contribution in [3.8, 4) is 5.75 Å². The van der Waals surface area contributed by atoms with Crippen molar-refractivity contribution < 1.29 is 160 Å². The number of aliphatic hydroxyl groups is 3. The molecule has 0 spiro atoms. The topological polar surface area (TPSA) is 871 Å². The first-order valence-corrected chi connectivity index (χ1v) is 47.1. The lowest BCUT2D eigenvalue weighted by molar-refractivity contribution is -0.192. The maximum atomic E-state index is 15.3. The Morgan fingerprint density at radius 2 is 0.762 bits per heavy atom. The summed E-state index contributed by atoms with van der Waals surface area (Å²) in [6.07, 6.45) is -10.7. The molecule has 0 saturated carbocycles. The van der Waals surface area contributed by atoms with E-state index in [1.807, 2.05) is 0 Å². The molecule has 4 aromatic rings. The van der Waals surface area contributed by atoms with E-state index in [9.17, 15) is 136 Å². The number of likely N-dealkylation sites (tertiary alicyclic amines) is 1. The van der Waals surface area contributed by atoms with Gasteiger partial charge in [0.25, 0.3) is 0 Å². The van der Waals surface area contributed by atoms with Gasteiger partial charge in [0.15, 0.2) is 0 Å². The Balaban J connectivity index is 0.00000618. The number of nitrogens with zero attached hydrogens (tertiary/aromatic N) is 2. The van der Waals surface area contributed by atoms with Gasteiger partial charge in [-0.1, -0.05) is 86.6 Å². The molecule has 0 aliphatic carbocycles. The lowest BCUT2D eigenvalue weighted by Gasteiger charge is -2.29. The predicted octanol–water partition coefficient (Wildman–Crippen LogP) is -6.91. The molecule has 52 nitrogen and oxygen atoms in total. The van der Waals surface area contributed by atoms with Crippen molar-refractivity contribution in [3.63, 3.8) is 0 Å². The molecule has 1 fully saturated rings. The van der Waals surface area contributed by atoms with Crippen LogP contribution in [0.3, 0.4) is 0 Å². The fourth-order valence-electron chi connectivity index (χ4n) is 14.8. The fraction of sp³-hybridized carbons (Fsp3) is 0.543. The minimum atomic E-state index is -5.08. The quantitative estimate of drug-likeness (QED) is 0.0183. The molecule has 0 radical (unpaired) electrons. The molecule has 812 valence electrons. The van der Waals surface area contributed by atoms with E-state index in [1.165, 1.54) is 36.8 Å². The van der Waals surface area contributed by atoms with Crippen molar-refractivity contribution in [2.45, 2.75) is 271 Å². The number of carbonyl (C=O) groups excluding carboxylic acids is 16. The number of rotatable bonds is 65. The summed E-state index contributed by atoms with van der Waals surface area (Å²) in [5, 5.41) is 122. The molecule has 147 heavy (non-hydrogen) atoms. The number of halogens is 3. The summed E-state index contributed by atoms with van der Waals surface area (Å²) in [6, 6.07) is -6.29. The Labute approximate surface area is 840 Å². The highest BCUT2D eigenvalue weighted by Crippen LogP contribution is 2.22. The van der Waals surface area contributed by atoms with Crippen LogP contribution in [-0.4, -0.2) is 334 Å². The van der Waals surface area contributed by atoms with E-state index in [0.29, 0.717) is 17.5 Å². The molecule has 1 saturated heterocycles. The van der Waals surface area contributed by atoms with E-state index in [1.54, 1.807) is 74.5 Å². The number of aromatic amines is 1. The number of alkyl halides is 3. The average molecular weight is 2080 g/mol. The van der Waals surface area contributed by atoms with Crippen LogP contribution >= 0.6 is 0 Å². The molecule has 34 N–H and O–H groups in total. The Morgan fingerprint density at radius 1 is 0.422 bits per heavy atom. The predicted molar refractivity (Wildman–Crippen MR) is 509 cm³/mol. The first-order chi connectivity index (χ1) is 69.4. The minimum Gasteiger partial charge on any atom is -0.508 e. The van der Waals surface area contributed by atoms with Gasteiger partial charge in [-0.3, -0.25) is 91.1 Å². The van der Waals surface area contributed by atoms with Crippen LogP contribution in [-0.2, 0) is 126 Å². The smallest absolute Gasteiger partial charge is 0.490 e. The maximum absolute atomic E-state index is 15.3. The summed E-state index contributed by atoms with van der Waals surface area (Å²) in [7, 11) is 0. The number of amides is 16. The molecule has 3 aromatic carbocycles. The number of aliphatic hydroxyl groups excluding tert-OH is 3. The fourth-order valence-corrected chi connectivity index (χ4v) is 14.8. The molecule has 17 atom stereocenters. The number of carboxylic acid groups (broad SMARTS) is 5. The van der Waals surface area contributed by atoms with Crippen LogP contribution in [0.1, 0.15) is 159 Å². The number of primary amides is 1. The number of nitrogens with two attached hydrogens (primary N) is 5. The van der Waals surface area contributed by atoms with Crippen LogP contribution in [0.25, 0.3) is 0 Å². The Morgan fingerprint density at radius 3 is 1.11 bits per heavy atom. The van der Waals surface area contributed by atoms with Crippen LogP contribution in [0.4, 0.5) is 13.2 Å². The first-order valence-electron chi connectivity index (χ1n) is 47.1. The number of aromatic hydroxyl groups is 1. The Kier molecular flexibility index (Phi) is 54.2. The van der Waals surface area contributed by atoms with Gasteiger partial charge in [0.1, 0.15) is 102 Å². The number of unbranched alkanes of at least 4 members (excludes halogenated alkanes) is 3. The van der Waals surface area contributed by atoms with Crippen LogP contribution in [0.2, 0.25) is 0 Å². The average Bonchev–Trinajstić information content (AvgIpc) is 1.77. The van der Waals surface area contributed by atoms with E-state index in [2.05, 4.69) is 84.4 Å². The van der Waals surface area contributed by atoms with Crippen LogP contribution < -0.4 is 103 Å². The molecule has 5 rings (SSSR count). The number of hydrogen-bond acceptors (Lipinski definition) is 30. The standard InChI is InChI=1S/C90H132N22O28.C2HF3O2/c1-48(2)37-61(104-80(129)60(30-32-72(120)121)102-79(128)59(29-31-71(118)119)101-76(125)56(21-10-13-33-91)98-82(131)62(103-75(124)55(94)45-113)38-50-17-6-4-7-18-50)81(130)109-67(43-73(122)123)86(135)100-57(22-11-14-34-92)77(126)105-64(40-52-25-27-54(116)28-26-52)84(133)106-63(39-51-19-8-5-9-20-51)83(132)99-58(23-12-15-35-93)78(127)108-66(42-70(95)117)85(134)107-65(41-53-44-96-47-97-53)87(136)111-74(49(3)115)88(137)110-68(46-114)89(138)112-36-16-24-69(112)90(139)140;3-2(4,5)1(6)7/h4-9,17-20,25-28,44,47-49,55-69,74,113-116H,10-16,21-24,29-43,45-46,91-94H2,1-3H3,(H2,95,117)(H,96,97)(H,98,131)(H,99,132)(H,100,135)(H,101,125)(H,102,128)(H,103,124)(H,104,129)(H,105,126)(H,106,133)(H,107,134)(H,108,127)(H,109,130)(H,110,137)(H,111,136)(H,118,119)(H,120,121)(H,122,123)(H,139,140);(H,6,7)/t49-,55+,56+,57+,58+,59+,60+,61+,62+,63+,64+,65+,66+,67+,68+,69+,74+;/m1./s1. The van der Waals surface area contributed by atoms with Gasteiger partial charge in [-0.05, 0) is 151 Å². The van der Waals surface area contributed by atoms with Gasteiger partial charge >= 0.3 is 36.0 Å². The number of phenolic OH excluding ortho intramolecular Hbond substituents is 1. The van der Waals surface area contributed by atoms with Crippen molar-refractivity contribution in [2.24, 2.45) is 34.6 Å². The zero-order valence-electron chi connectivity index (χ0n) is 80.9. The summed E-state index contributed by atoms with van der Waals surface area (Å²) in [6.45, 7) is 2.56. The molecule has 0 unspecified atom stereocenters. The zero-order valence-corrected chi connectivity index (χ0v) is 80.9. The number of carboxylic acids is 5. The number of carbonyl (C=O) groups is 21. The van der Waals surface area contributed by atoms with E-state index >= 15 is 14.4 Å². The summed E-state index contributed by atoms with van der Waals surface area (Å²) < 4.78 is 31.7. The molecule has 1 aliphatic rings. The number of aromatic nitrogens is 2. The number of H-pyrrole nitrogens is 1. The van der Waals surface area contributed by atoms with Gasteiger partial charge in [-0.15, -0.1) is 0 Å². The molecule has 1 aliphatic heterocycles. The molecular weight excluding hydrogens is 1950 g/mol. The van der Waals surface area contributed by atoms with Crippen LogP contribution in [0.5, 0.6) is 5.75 Å². The maximum Gasteiger partial charge on any atom is 0.490 e. The highest BCUT2D eigenvalue weighted by atomic mass is 19.4. The van der Waals surface area contributed by atoms with Gasteiger partial charge in [-0.2, -0.15) is 13.2 Å². The second-order valence-electron chi connectivity index (χ2n) is 35.0. The van der Waals surface area contributed by atoms with E-state index in [0.717, 1.165) is 11.8 Å². The molecular formula is C92H133F3N22O30. The third-order valence-electron chi connectivity index (χ3n) is 22.6. The van der Waals surface area contributed by atoms with Crippen molar-refractivity contribution >= 4 is 124 Å². The first kappa shape index (κ1) is 124. The van der Waals surface area contributed by atoms with Gasteiger partial charge in [0.05, 0.1) is 38.5 Å².